The van der Waals surface area contributed by atoms with Crippen LogP contribution in [0.25, 0.3) is 0 Å². The molecule has 2 N–H and O–H groups in total. The first kappa shape index (κ1) is 15.6. The zero-order chi connectivity index (χ0) is 14.3. The number of amides is 2. The van der Waals surface area contributed by atoms with Crippen LogP contribution in [0, 0.1) is 5.41 Å². The van der Waals surface area contributed by atoms with Gasteiger partial charge in [-0.05, 0) is 23.5 Å². The first-order valence-electron chi connectivity index (χ1n) is 6.34. The van der Waals surface area contributed by atoms with E-state index in [1.165, 1.54) is 0 Å². The molecule has 0 spiro atoms. The van der Waals surface area contributed by atoms with Gasteiger partial charge >= 0.3 is 6.03 Å². The number of hydrogen-bond donors (Lipinski definition) is 2. The predicted octanol–water partition coefficient (Wildman–Crippen LogP) is 3.74. The second-order valence-electron chi connectivity index (χ2n) is 5.44. The molecule has 104 valence electrons. The summed E-state index contributed by atoms with van der Waals surface area (Å²) in [6.45, 7) is 6.76. The van der Waals surface area contributed by atoms with Gasteiger partial charge in [0.25, 0.3) is 0 Å². The zero-order valence-corrected chi connectivity index (χ0v) is 12.4. The minimum Gasteiger partial charge on any atom is -0.338 e. The number of carbonyl (C=O) groups excluding carboxylic acids is 1. The summed E-state index contributed by atoms with van der Waals surface area (Å²) in [7, 11) is 0. The first-order chi connectivity index (χ1) is 8.88. The third kappa shape index (κ3) is 6.87. The Morgan fingerprint density at radius 3 is 2.63 bits per heavy atom. The van der Waals surface area contributed by atoms with E-state index >= 15 is 0 Å². The minimum atomic E-state index is -0.201. The van der Waals surface area contributed by atoms with Crippen molar-refractivity contribution in [2.75, 3.05) is 6.54 Å². The molecule has 0 saturated carbocycles. The van der Waals surface area contributed by atoms with Crippen LogP contribution in [0.4, 0.5) is 4.79 Å². The van der Waals surface area contributed by atoms with E-state index in [4.69, 9.17) is 11.6 Å². The van der Waals surface area contributed by atoms with Crippen molar-refractivity contribution in [3.8, 4) is 0 Å². The van der Waals surface area contributed by atoms with E-state index in [0.717, 1.165) is 17.0 Å². The van der Waals surface area contributed by atoms with Gasteiger partial charge < -0.3 is 10.6 Å². The second kappa shape index (κ2) is 7.19. The number of rotatable bonds is 4. The number of urea groups is 1. The van der Waals surface area contributed by atoms with Crippen LogP contribution in [0.5, 0.6) is 0 Å². The van der Waals surface area contributed by atoms with Gasteiger partial charge in [0.05, 0.1) is 0 Å². The quantitative estimate of drug-likeness (QED) is 0.867. The van der Waals surface area contributed by atoms with Crippen LogP contribution in [0.15, 0.2) is 36.5 Å². The summed E-state index contributed by atoms with van der Waals surface area (Å²) < 4.78 is 0. The van der Waals surface area contributed by atoms with Crippen LogP contribution < -0.4 is 10.6 Å². The third-order valence-electron chi connectivity index (χ3n) is 2.44. The molecule has 0 unspecified atom stereocenters. The molecular formula is C15H21ClN2O. The molecule has 3 nitrogen and oxygen atoms in total. The van der Waals surface area contributed by atoms with Gasteiger partial charge in [0.15, 0.2) is 0 Å². The number of nitrogens with one attached hydrogen (secondary N) is 2. The molecule has 0 aliphatic carbocycles. The van der Waals surface area contributed by atoms with E-state index in [2.05, 4.69) is 31.4 Å². The smallest absolute Gasteiger partial charge is 0.318 e. The SMILES string of the molecule is CC(C)(C)/C=C/NC(=O)NCCc1ccccc1Cl. The maximum absolute atomic E-state index is 11.5. The molecule has 2 amide bonds. The molecule has 0 bridgehead atoms. The van der Waals surface area contributed by atoms with Crippen molar-refractivity contribution in [2.24, 2.45) is 5.41 Å². The fourth-order valence-corrected chi connectivity index (χ4v) is 1.66. The molecule has 19 heavy (non-hydrogen) atoms. The fraction of sp³-hybridized carbons (Fsp3) is 0.400. The summed E-state index contributed by atoms with van der Waals surface area (Å²) in [6, 6.07) is 7.44. The lowest BCUT2D eigenvalue weighted by molar-refractivity contribution is 0.244. The van der Waals surface area contributed by atoms with E-state index in [1.807, 2.05) is 30.3 Å². The highest BCUT2D eigenvalue weighted by atomic mass is 35.5. The van der Waals surface area contributed by atoms with Gasteiger partial charge in [-0.3, -0.25) is 0 Å². The molecule has 0 fully saturated rings. The molecule has 0 heterocycles. The largest absolute Gasteiger partial charge is 0.338 e. The van der Waals surface area contributed by atoms with Gasteiger partial charge in [-0.1, -0.05) is 56.6 Å². The highest BCUT2D eigenvalue weighted by Gasteiger charge is 2.04. The number of hydrogen-bond acceptors (Lipinski definition) is 1. The Bertz CT molecular complexity index is 450. The van der Waals surface area contributed by atoms with Crippen molar-refractivity contribution >= 4 is 17.6 Å². The normalized spacial score (nSPS) is 11.6. The molecule has 0 atom stereocenters. The van der Waals surface area contributed by atoms with Crippen molar-refractivity contribution in [3.05, 3.63) is 47.1 Å². The van der Waals surface area contributed by atoms with E-state index in [9.17, 15) is 4.79 Å². The maximum Gasteiger partial charge on any atom is 0.318 e. The number of allylic oxidation sites excluding steroid dienone is 1. The second-order valence-corrected chi connectivity index (χ2v) is 5.85. The van der Waals surface area contributed by atoms with Gasteiger partial charge in [0.1, 0.15) is 0 Å². The van der Waals surface area contributed by atoms with Crippen molar-refractivity contribution in [1.29, 1.82) is 0 Å². The predicted molar refractivity (Wildman–Crippen MR) is 80.3 cm³/mol. The minimum absolute atomic E-state index is 0.0604. The van der Waals surface area contributed by atoms with Gasteiger partial charge in [-0.25, -0.2) is 4.79 Å². The van der Waals surface area contributed by atoms with E-state index in [0.29, 0.717) is 6.54 Å². The van der Waals surface area contributed by atoms with Crippen LogP contribution in [0.1, 0.15) is 26.3 Å². The number of carbonyl (C=O) groups is 1. The highest BCUT2D eigenvalue weighted by molar-refractivity contribution is 6.31. The highest BCUT2D eigenvalue weighted by Crippen LogP contribution is 2.15. The molecule has 0 radical (unpaired) electrons. The first-order valence-corrected chi connectivity index (χ1v) is 6.72. The van der Waals surface area contributed by atoms with Crippen LogP contribution >= 0.6 is 11.6 Å². The van der Waals surface area contributed by atoms with Crippen LogP contribution in [0.3, 0.4) is 0 Å². The van der Waals surface area contributed by atoms with E-state index in [-0.39, 0.29) is 11.4 Å². The summed E-state index contributed by atoms with van der Waals surface area (Å²) in [5.74, 6) is 0. The molecule has 4 heteroatoms. The Balaban J connectivity index is 2.28. The van der Waals surface area contributed by atoms with Crippen LogP contribution in [0.2, 0.25) is 5.02 Å². The Morgan fingerprint density at radius 2 is 2.00 bits per heavy atom. The Labute approximate surface area is 120 Å². The van der Waals surface area contributed by atoms with Crippen LogP contribution in [-0.2, 0) is 6.42 Å². The lowest BCUT2D eigenvalue weighted by atomic mass is 9.97. The van der Waals surface area contributed by atoms with E-state index in [1.54, 1.807) is 6.20 Å². The van der Waals surface area contributed by atoms with Gasteiger partial charge in [-0.2, -0.15) is 0 Å². The lowest BCUT2D eigenvalue weighted by Gasteiger charge is -2.11. The van der Waals surface area contributed by atoms with Crippen molar-refractivity contribution in [2.45, 2.75) is 27.2 Å². The van der Waals surface area contributed by atoms with Gasteiger partial charge in [0, 0.05) is 17.8 Å². The zero-order valence-electron chi connectivity index (χ0n) is 11.7. The molecule has 1 aromatic carbocycles. The molecule has 0 aliphatic heterocycles. The monoisotopic (exact) mass is 280 g/mol. The lowest BCUT2D eigenvalue weighted by Crippen LogP contribution is -2.33. The molecule has 1 aromatic rings. The molecular weight excluding hydrogens is 260 g/mol. The standard InChI is InChI=1S/C15H21ClN2O/c1-15(2,3)9-11-18-14(19)17-10-8-12-6-4-5-7-13(12)16/h4-7,9,11H,8,10H2,1-3H3,(H2,17,18,19)/b11-9+. The van der Waals surface area contributed by atoms with Gasteiger partial charge in [0.2, 0.25) is 0 Å². The summed E-state index contributed by atoms with van der Waals surface area (Å²) in [4.78, 5) is 11.5. The van der Waals surface area contributed by atoms with Crippen molar-refractivity contribution < 1.29 is 4.79 Å². The topological polar surface area (TPSA) is 41.1 Å². The molecule has 0 aromatic heterocycles. The van der Waals surface area contributed by atoms with Crippen molar-refractivity contribution in [1.82, 2.24) is 10.6 Å². The summed E-state index contributed by atoms with van der Waals surface area (Å²) in [5, 5.41) is 6.19. The fourth-order valence-electron chi connectivity index (χ4n) is 1.43. The Morgan fingerprint density at radius 1 is 1.32 bits per heavy atom. The summed E-state index contributed by atoms with van der Waals surface area (Å²) >= 11 is 6.03. The van der Waals surface area contributed by atoms with Crippen molar-refractivity contribution in [3.63, 3.8) is 0 Å². The summed E-state index contributed by atoms with van der Waals surface area (Å²) in [6.07, 6.45) is 4.33. The Hall–Kier alpha value is -1.48. The number of halogens is 1. The summed E-state index contributed by atoms with van der Waals surface area (Å²) in [5.41, 5.74) is 1.10. The average Bonchev–Trinajstić information content (AvgIpc) is 2.30. The molecule has 0 saturated heterocycles. The van der Waals surface area contributed by atoms with Crippen LogP contribution in [-0.4, -0.2) is 12.6 Å². The van der Waals surface area contributed by atoms with Gasteiger partial charge in [-0.15, -0.1) is 0 Å². The third-order valence-corrected chi connectivity index (χ3v) is 2.80. The average molecular weight is 281 g/mol. The molecule has 0 aliphatic rings. The van der Waals surface area contributed by atoms with E-state index < -0.39 is 0 Å². The number of benzene rings is 1. The maximum atomic E-state index is 11.5. The molecule has 1 rings (SSSR count). The Kier molecular flexibility index (Phi) is 5.90.